The lowest BCUT2D eigenvalue weighted by Gasteiger charge is -2.16. The zero-order valence-corrected chi connectivity index (χ0v) is 15.5. The molecule has 2 amide bonds. The largest absolute Gasteiger partial charge is 0.484 e. The number of carbonyl (C=O) groups is 2. The van der Waals surface area contributed by atoms with E-state index < -0.39 is 11.3 Å². The molecule has 0 bridgehead atoms. The van der Waals surface area contributed by atoms with Crippen LogP contribution in [-0.4, -0.2) is 18.4 Å². The fourth-order valence-corrected chi connectivity index (χ4v) is 2.90. The van der Waals surface area contributed by atoms with Gasteiger partial charge >= 0.3 is 0 Å². The zero-order valence-electron chi connectivity index (χ0n) is 14.8. The highest BCUT2D eigenvalue weighted by molar-refractivity contribution is 6.30. The lowest BCUT2D eigenvalue weighted by molar-refractivity contribution is -0.131. The summed E-state index contributed by atoms with van der Waals surface area (Å²) in [6.45, 7) is 3.82. The van der Waals surface area contributed by atoms with Gasteiger partial charge in [-0.15, -0.1) is 0 Å². The quantitative estimate of drug-likeness (QED) is 0.792. The molecular formula is C20H21ClN2O3. The van der Waals surface area contributed by atoms with Gasteiger partial charge in [-0.3, -0.25) is 20.4 Å². The fourth-order valence-electron chi connectivity index (χ4n) is 2.78. The van der Waals surface area contributed by atoms with E-state index in [0.29, 0.717) is 10.8 Å². The molecule has 0 aliphatic heterocycles. The van der Waals surface area contributed by atoms with Crippen LogP contribution in [0.3, 0.4) is 0 Å². The topological polar surface area (TPSA) is 67.4 Å². The molecule has 1 aliphatic rings. The van der Waals surface area contributed by atoms with Crippen LogP contribution in [0.5, 0.6) is 5.75 Å². The third kappa shape index (κ3) is 3.99. The minimum atomic E-state index is -0.577. The predicted molar refractivity (Wildman–Crippen MR) is 100 cm³/mol. The Morgan fingerprint density at radius 3 is 2.35 bits per heavy atom. The summed E-state index contributed by atoms with van der Waals surface area (Å²) in [7, 11) is 0. The zero-order chi connectivity index (χ0) is 18.7. The number of hydrogen-bond acceptors (Lipinski definition) is 3. The second kappa shape index (κ2) is 7.38. The van der Waals surface area contributed by atoms with Crippen molar-refractivity contribution in [2.45, 2.75) is 32.1 Å². The van der Waals surface area contributed by atoms with E-state index in [1.807, 2.05) is 44.2 Å². The first kappa shape index (κ1) is 18.3. The third-order valence-electron chi connectivity index (χ3n) is 4.75. The Balaban J connectivity index is 1.50. The van der Waals surface area contributed by atoms with Crippen LogP contribution in [0.25, 0.3) is 0 Å². The molecule has 2 aromatic rings. The van der Waals surface area contributed by atoms with E-state index >= 15 is 0 Å². The van der Waals surface area contributed by atoms with Crippen LogP contribution in [0.2, 0.25) is 5.02 Å². The van der Waals surface area contributed by atoms with Gasteiger partial charge in [0.25, 0.3) is 5.91 Å². The molecule has 0 saturated heterocycles. The third-order valence-corrected chi connectivity index (χ3v) is 5.00. The lowest BCUT2D eigenvalue weighted by Crippen LogP contribution is -2.48. The van der Waals surface area contributed by atoms with E-state index in [1.165, 1.54) is 0 Å². The molecule has 0 spiro atoms. The molecule has 0 aromatic heterocycles. The van der Waals surface area contributed by atoms with Gasteiger partial charge in [0.1, 0.15) is 5.75 Å². The Hall–Kier alpha value is -2.53. The van der Waals surface area contributed by atoms with Gasteiger partial charge in [-0.1, -0.05) is 29.8 Å². The molecule has 2 aromatic carbocycles. The average molecular weight is 373 g/mol. The number of nitrogens with one attached hydrogen (secondary N) is 2. The summed E-state index contributed by atoms with van der Waals surface area (Å²) in [6.07, 6.45) is 1.49. The van der Waals surface area contributed by atoms with Crippen molar-refractivity contribution in [1.82, 2.24) is 10.9 Å². The molecular weight excluding hydrogens is 352 g/mol. The Morgan fingerprint density at radius 1 is 1.04 bits per heavy atom. The first-order chi connectivity index (χ1) is 12.4. The Bertz CT molecular complexity index is 829. The second-order valence-corrected chi connectivity index (χ2v) is 7.06. The molecule has 26 heavy (non-hydrogen) atoms. The number of hydrazine groups is 1. The van der Waals surface area contributed by atoms with E-state index in [4.69, 9.17) is 16.3 Å². The van der Waals surface area contributed by atoms with Crippen LogP contribution in [0.4, 0.5) is 0 Å². The van der Waals surface area contributed by atoms with Crippen LogP contribution in [-0.2, 0) is 15.0 Å². The first-order valence-corrected chi connectivity index (χ1v) is 8.84. The molecule has 2 N–H and O–H groups in total. The number of ether oxygens (including phenoxy) is 1. The number of aryl methyl sites for hydroxylation is 2. The molecule has 0 atom stereocenters. The number of halogens is 1. The molecule has 0 radical (unpaired) electrons. The van der Waals surface area contributed by atoms with Gasteiger partial charge in [0.15, 0.2) is 6.61 Å². The van der Waals surface area contributed by atoms with E-state index in [9.17, 15) is 9.59 Å². The number of rotatable bonds is 5. The smallest absolute Gasteiger partial charge is 0.276 e. The molecule has 5 nitrogen and oxygen atoms in total. The van der Waals surface area contributed by atoms with Crippen molar-refractivity contribution >= 4 is 23.4 Å². The summed E-state index contributed by atoms with van der Waals surface area (Å²) >= 11 is 5.90. The van der Waals surface area contributed by atoms with E-state index in [0.717, 1.165) is 29.5 Å². The normalized spacial score (nSPS) is 14.4. The van der Waals surface area contributed by atoms with Gasteiger partial charge in [-0.05, 0) is 67.6 Å². The first-order valence-electron chi connectivity index (χ1n) is 8.46. The summed E-state index contributed by atoms with van der Waals surface area (Å²) in [5.41, 5.74) is 7.50. The number of carbonyl (C=O) groups excluding carboxylic acids is 2. The van der Waals surface area contributed by atoms with Crippen LogP contribution in [0.1, 0.15) is 29.5 Å². The van der Waals surface area contributed by atoms with Crippen molar-refractivity contribution in [3.05, 3.63) is 64.2 Å². The van der Waals surface area contributed by atoms with Gasteiger partial charge < -0.3 is 4.74 Å². The van der Waals surface area contributed by atoms with E-state index in [1.54, 1.807) is 12.1 Å². The second-order valence-electron chi connectivity index (χ2n) is 6.63. The summed E-state index contributed by atoms with van der Waals surface area (Å²) in [5.74, 6) is -0.0164. The van der Waals surface area contributed by atoms with E-state index in [-0.39, 0.29) is 12.5 Å². The molecule has 1 saturated carbocycles. The van der Waals surface area contributed by atoms with Crippen molar-refractivity contribution in [2.75, 3.05) is 6.61 Å². The summed E-state index contributed by atoms with van der Waals surface area (Å²) < 4.78 is 5.46. The highest BCUT2D eigenvalue weighted by Crippen LogP contribution is 2.48. The number of hydrogen-bond donors (Lipinski definition) is 2. The van der Waals surface area contributed by atoms with Gasteiger partial charge in [-0.25, -0.2) is 0 Å². The summed E-state index contributed by atoms with van der Waals surface area (Å²) in [5, 5.41) is 0.627. The van der Waals surface area contributed by atoms with Crippen LogP contribution < -0.4 is 15.6 Å². The van der Waals surface area contributed by atoms with Gasteiger partial charge in [0.05, 0.1) is 5.41 Å². The summed E-state index contributed by atoms with van der Waals surface area (Å²) in [4.78, 5) is 24.4. The molecule has 6 heteroatoms. The fraction of sp³-hybridized carbons (Fsp3) is 0.300. The van der Waals surface area contributed by atoms with Gasteiger partial charge in [-0.2, -0.15) is 0 Å². The van der Waals surface area contributed by atoms with Crippen molar-refractivity contribution in [2.24, 2.45) is 0 Å². The molecule has 0 heterocycles. The predicted octanol–water partition coefficient (Wildman–Crippen LogP) is 3.21. The van der Waals surface area contributed by atoms with Crippen LogP contribution in [0.15, 0.2) is 42.5 Å². The SMILES string of the molecule is Cc1ccc(OCC(=O)NNC(=O)C2(c3ccc(Cl)cc3)CC2)cc1C. The lowest BCUT2D eigenvalue weighted by atomic mass is 9.95. The molecule has 0 unspecified atom stereocenters. The molecule has 1 aliphatic carbocycles. The van der Waals surface area contributed by atoms with Crippen LogP contribution in [0, 0.1) is 13.8 Å². The average Bonchev–Trinajstić information content (AvgIpc) is 3.43. The van der Waals surface area contributed by atoms with Crippen molar-refractivity contribution < 1.29 is 14.3 Å². The molecule has 136 valence electrons. The van der Waals surface area contributed by atoms with Crippen molar-refractivity contribution in [3.63, 3.8) is 0 Å². The maximum absolute atomic E-state index is 12.5. The Kier molecular flexibility index (Phi) is 5.18. The standard InChI is InChI=1S/C20H21ClN2O3/c1-13-3-8-17(11-14(13)2)26-12-18(24)22-23-19(25)20(9-10-20)15-4-6-16(21)7-5-15/h3-8,11H,9-10,12H2,1-2H3,(H,22,24)(H,23,25). The van der Waals surface area contributed by atoms with Crippen LogP contribution >= 0.6 is 11.6 Å². The number of amides is 2. The van der Waals surface area contributed by atoms with Gasteiger partial charge in [0, 0.05) is 5.02 Å². The Morgan fingerprint density at radius 2 is 1.73 bits per heavy atom. The molecule has 3 rings (SSSR count). The monoisotopic (exact) mass is 372 g/mol. The van der Waals surface area contributed by atoms with Gasteiger partial charge in [0.2, 0.25) is 5.91 Å². The maximum atomic E-state index is 12.5. The molecule has 1 fully saturated rings. The highest BCUT2D eigenvalue weighted by atomic mass is 35.5. The minimum Gasteiger partial charge on any atom is -0.484 e. The van der Waals surface area contributed by atoms with Crippen molar-refractivity contribution in [1.29, 1.82) is 0 Å². The van der Waals surface area contributed by atoms with E-state index in [2.05, 4.69) is 10.9 Å². The number of benzene rings is 2. The maximum Gasteiger partial charge on any atom is 0.276 e. The Labute approximate surface area is 157 Å². The minimum absolute atomic E-state index is 0.170. The van der Waals surface area contributed by atoms with Crippen molar-refractivity contribution in [3.8, 4) is 5.75 Å². The summed E-state index contributed by atoms with van der Waals surface area (Å²) in [6, 6.07) is 12.8. The highest BCUT2D eigenvalue weighted by Gasteiger charge is 2.51.